The van der Waals surface area contributed by atoms with Crippen LogP contribution in [-0.4, -0.2) is 28.5 Å². The number of aromatic nitrogens is 2. The van der Waals surface area contributed by atoms with E-state index >= 15 is 0 Å². The van der Waals surface area contributed by atoms with Gasteiger partial charge < -0.3 is 16.1 Å². The first kappa shape index (κ1) is 14.5. The van der Waals surface area contributed by atoms with E-state index in [2.05, 4.69) is 26.0 Å². The molecule has 7 nitrogen and oxygen atoms in total. The van der Waals surface area contributed by atoms with Gasteiger partial charge in [-0.05, 0) is 6.42 Å². The summed E-state index contributed by atoms with van der Waals surface area (Å²) in [4.78, 5) is 20.1. The monoisotopic (exact) mass is 278 g/mol. The van der Waals surface area contributed by atoms with Crippen LogP contribution in [0.4, 0.5) is 11.6 Å². The van der Waals surface area contributed by atoms with Crippen LogP contribution in [0.3, 0.4) is 0 Å². The number of anilines is 2. The third-order valence-electron chi connectivity index (χ3n) is 3.16. The molecule has 1 aliphatic heterocycles. The molecule has 1 amide bonds. The van der Waals surface area contributed by atoms with Crippen LogP contribution in [0, 0.1) is 0 Å². The third-order valence-corrected chi connectivity index (χ3v) is 3.16. The number of nitrogens with two attached hydrogens (primary N) is 1. The van der Waals surface area contributed by atoms with E-state index < -0.39 is 0 Å². The largest absolute Gasteiger partial charge is 0.365 e. The lowest BCUT2D eigenvalue weighted by Crippen LogP contribution is -2.42. The zero-order chi connectivity index (χ0) is 14.8. The van der Waals surface area contributed by atoms with Gasteiger partial charge in [-0.15, -0.1) is 0 Å². The molecule has 1 unspecified atom stereocenters. The first-order chi connectivity index (χ1) is 9.38. The minimum absolute atomic E-state index is 0.102. The number of carbonyl (C=O) groups excluding carboxylic acids is 1. The molecule has 1 aromatic rings. The molecule has 20 heavy (non-hydrogen) atoms. The molecular weight excluding hydrogens is 256 g/mol. The molecule has 1 fully saturated rings. The average Bonchev–Trinajstić information content (AvgIpc) is 2.40. The van der Waals surface area contributed by atoms with E-state index in [9.17, 15) is 4.79 Å². The summed E-state index contributed by atoms with van der Waals surface area (Å²) in [5, 5.41) is 6.17. The molecule has 1 atom stereocenters. The lowest BCUT2D eigenvalue weighted by molar-refractivity contribution is -0.122. The van der Waals surface area contributed by atoms with Gasteiger partial charge >= 0.3 is 0 Å². The van der Waals surface area contributed by atoms with Gasteiger partial charge in [-0.1, -0.05) is 20.8 Å². The smallest absolute Gasteiger partial charge is 0.220 e. The van der Waals surface area contributed by atoms with Crippen LogP contribution in [0.2, 0.25) is 0 Å². The lowest BCUT2D eigenvalue weighted by atomic mass is 9.96. The van der Waals surface area contributed by atoms with E-state index in [0.29, 0.717) is 18.8 Å². The number of nitrogens with zero attached hydrogens (tertiary/aromatic N) is 2. The van der Waals surface area contributed by atoms with Crippen molar-refractivity contribution in [3.63, 3.8) is 0 Å². The molecule has 0 radical (unpaired) electrons. The van der Waals surface area contributed by atoms with Crippen molar-refractivity contribution in [2.75, 3.05) is 17.3 Å². The van der Waals surface area contributed by atoms with Crippen molar-refractivity contribution in [3.05, 3.63) is 11.9 Å². The second kappa shape index (κ2) is 5.62. The van der Waals surface area contributed by atoms with Crippen molar-refractivity contribution in [1.29, 1.82) is 0 Å². The number of nitrogen functional groups attached to an aromatic ring is 1. The second-order valence-electron chi connectivity index (χ2n) is 6.04. The molecule has 1 aromatic heterocycles. The average molecular weight is 278 g/mol. The molecule has 0 spiro atoms. The van der Waals surface area contributed by atoms with Gasteiger partial charge in [0.2, 0.25) is 5.91 Å². The summed E-state index contributed by atoms with van der Waals surface area (Å²) in [7, 11) is 0. The SMILES string of the molecule is CC(C)(C)c1nc(NN)cc(NC2CCC(=O)NC2)n1. The predicted molar refractivity (Wildman–Crippen MR) is 78.2 cm³/mol. The molecule has 0 aliphatic carbocycles. The molecule has 1 aliphatic rings. The summed E-state index contributed by atoms with van der Waals surface area (Å²) in [6.07, 6.45) is 1.34. The Hall–Kier alpha value is -1.89. The summed E-state index contributed by atoms with van der Waals surface area (Å²) in [6, 6.07) is 1.95. The van der Waals surface area contributed by atoms with Crippen LogP contribution >= 0.6 is 0 Å². The van der Waals surface area contributed by atoms with Gasteiger partial charge in [-0.25, -0.2) is 15.8 Å². The highest BCUT2D eigenvalue weighted by atomic mass is 16.1. The van der Waals surface area contributed by atoms with Crippen molar-refractivity contribution in [1.82, 2.24) is 15.3 Å². The fourth-order valence-electron chi connectivity index (χ4n) is 2.00. The Balaban J connectivity index is 2.16. The van der Waals surface area contributed by atoms with Gasteiger partial charge in [0.1, 0.15) is 17.5 Å². The van der Waals surface area contributed by atoms with Gasteiger partial charge in [-0.2, -0.15) is 0 Å². The summed E-state index contributed by atoms with van der Waals surface area (Å²) in [5.41, 5.74) is 2.40. The first-order valence-electron chi connectivity index (χ1n) is 6.78. The summed E-state index contributed by atoms with van der Waals surface area (Å²) in [6.45, 7) is 6.76. The zero-order valence-electron chi connectivity index (χ0n) is 12.2. The lowest BCUT2D eigenvalue weighted by Gasteiger charge is -2.25. The van der Waals surface area contributed by atoms with E-state index in [0.717, 1.165) is 18.1 Å². The van der Waals surface area contributed by atoms with E-state index in [4.69, 9.17) is 5.84 Å². The van der Waals surface area contributed by atoms with Gasteiger partial charge in [0, 0.05) is 30.5 Å². The number of hydrogen-bond acceptors (Lipinski definition) is 6. The van der Waals surface area contributed by atoms with Gasteiger partial charge in [0.05, 0.1) is 0 Å². The Labute approximate surface area is 118 Å². The highest BCUT2D eigenvalue weighted by Gasteiger charge is 2.21. The normalized spacial score (nSPS) is 19.4. The summed E-state index contributed by atoms with van der Waals surface area (Å²) in [5.74, 6) is 7.57. The van der Waals surface area contributed by atoms with E-state index in [-0.39, 0.29) is 17.4 Å². The van der Waals surface area contributed by atoms with E-state index in [1.165, 1.54) is 0 Å². The Bertz CT molecular complexity index is 486. The van der Waals surface area contributed by atoms with Crippen LogP contribution in [-0.2, 0) is 10.2 Å². The molecule has 0 aromatic carbocycles. The van der Waals surface area contributed by atoms with Crippen LogP contribution < -0.4 is 21.9 Å². The summed E-state index contributed by atoms with van der Waals surface area (Å²) >= 11 is 0. The topological polar surface area (TPSA) is 105 Å². The number of piperidine rings is 1. The van der Waals surface area contributed by atoms with E-state index in [1.54, 1.807) is 6.07 Å². The molecule has 1 saturated heterocycles. The van der Waals surface area contributed by atoms with E-state index in [1.807, 2.05) is 20.8 Å². The first-order valence-corrected chi connectivity index (χ1v) is 6.78. The maximum absolute atomic E-state index is 11.2. The number of carbonyl (C=O) groups is 1. The third kappa shape index (κ3) is 3.57. The van der Waals surface area contributed by atoms with Crippen molar-refractivity contribution in [2.45, 2.75) is 45.1 Å². The predicted octanol–water partition coefficient (Wildman–Crippen LogP) is 0.750. The van der Waals surface area contributed by atoms with Crippen LogP contribution in [0.5, 0.6) is 0 Å². The van der Waals surface area contributed by atoms with Crippen molar-refractivity contribution < 1.29 is 4.79 Å². The van der Waals surface area contributed by atoms with Crippen molar-refractivity contribution in [2.24, 2.45) is 5.84 Å². The Morgan fingerprint density at radius 2 is 2.05 bits per heavy atom. The minimum atomic E-state index is -0.163. The van der Waals surface area contributed by atoms with Crippen LogP contribution in [0.25, 0.3) is 0 Å². The number of amides is 1. The number of hydrogen-bond donors (Lipinski definition) is 4. The molecule has 0 saturated carbocycles. The van der Waals surface area contributed by atoms with Crippen LogP contribution in [0.15, 0.2) is 6.07 Å². The minimum Gasteiger partial charge on any atom is -0.365 e. The van der Waals surface area contributed by atoms with Gasteiger partial charge in [-0.3, -0.25) is 4.79 Å². The fraction of sp³-hybridized carbons (Fsp3) is 0.615. The second-order valence-corrected chi connectivity index (χ2v) is 6.04. The maximum atomic E-state index is 11.2. The Morgan fingerprint density at radius 3 is 2.60 bits per heavy atom. The number of nitrogens with one attached hydrogen (secondary N) is 3. The van der Waals surface area contributed by atoms with Crippen molar-refractivity contribution in [3.8, 4) is 0 Å². The fourth-order valence-corrected chi connectivity index (χ4v) is 2.00. The molecule has 110 valence electrons. The van der Waals surface area contributed by atoms with Crippen LogP contribution in [0.1, 0.15) is 39.4 Å². The maximum Gasteiger partial charge on any atom is 0.220 e. The highest BCUT2D eigenvalue weighted by molar-refractivity contribution is 5.77. The molecule has 2 heterocycles. The van der Waals surface area contributed by atoms with Gasteiger partial charge in [0.25, 0.3) is 0 Å². The summed E-state index contributed by atoms with van der Waals surface area (Å²) < 4.78 is 0. The Morgan fingerprint density at radius 1 is 1.35 bits per heavy atom. The van der Waals surface area contributed by atoms with Crippen molar-refractivity contribution >= 4 is 17.5 Å². The quantitative estimate of drug-likeness (QED) is 0.480. The molecule has 2 rings (SSSR count). The molecular formula is C13H22N6O. The van der Waals surface area contributed by atoms with Gasteiger partial charge in [0.15, 0.2) is 0 Å². The zero-order valence-corrected chi connectivity index (χ0v) is 12.2. The molecule has 0 bridgehead atoms. The standard InChI is InChI=1S/C13H22N6O/c1-13(2,3)12-17-9(6-10(18-12)19-14)16-8-4-5-11(20)15-7-8/h6,8H,4-5,7,14H2,1-3H3,(H,15,20)(H2,16,17,18,19). The Kier molecular flexibility index (Phi) is 4.08. The number of rotatable bonds is 3. The molecule has 7 heteroatoms. The molecule has 5 N–H and O–H groups in total. The number of hydrazine groups is 1. The highest BCUT2D eigenvalue weighted by Crippen LogP contribution is 2.22.